The average molecular weight is 251 g/mol. The van der Waals surface area contributed by atoms with E-state index < -0.39 is 0 Å². The number of nitrogens with two attached hydrogens (primary N) is 1. The highest BCUT2D eigenvalue weighted by molar-refractivity contribution is 5.50. The van der Waals surface area contributed by atoms with Gasteiger partial charge in [-0.2, -0.15) is 5.10 Å². The third-order valence-corrected chi connectivity index (χ3v) is 4.07. The summed E-state index contributed by atoms with van der Waals surface area (Å²) in [5.41, 5.74) is 8.12. The fourth-order valence-electron chi connectivity index (χ4n) is 2.90. The largest absolute Gasteiger partial charge is 0.354 e. The van der Waals surface area contributed by atoms with Crippen molar-refractivity contribution in [3.05, 3.63) is 11.3 Å². The van der Waals surface area contributed by atoms with Gasteiger partial charge in [0.1, 0.15) is 5.82 Å². The summed E-state index contributed by atoms with van der Waals surface area (Å²) in [5.74, 6) is 1.21. The van der Waals surface area contributed by atoms with Gasteiger partial charge >= 0.3 is 0 Å². The maximum Gasteiger partial charge on any atom is 0.131 e. The Balaban J connectivity index is 2.26. The molecule has 1 aromatic heterocycles. The van der Waals surface area contributed by atoms with E-state index in [2.05, 4.69) is 28.9 Å². The number of aromatic nitrogens is 2. The maximum absolute atomic E-state index is 5.88. The molecule has 2 N–H and O–H groups in total. The second-order valence-corrected chi connectivity index (χ2v) is 5.20. The number of rotatable bonds is 3. The topological polar surface area (TPSA) is 50.3 Å². The Hall–Kier alpha value is -1.07. The van der Waals surface area contributed by atoms with Crippen LogP contribution in [0.15, 0.2) is 0 Å². The lowest BCUT2D eigenvalue weighted by Gasteiger charge is -2.40. The van der Waals surface area contributed by atoms with E-state index >= 15 is 0 Å². The van der Waals surface area contributed by atoms with Gasteiger partial charge in [-0.15, -0.1) is 0 Å². The van der Waals surface area contributed by atoms with Crippen LogP contribution in [-0.2, 0) is 13.6 Å². The Morgan fingerprint density at radius 1 is 1.33 bits per heavy atom. The predicted molar refractivity (Wildman–Crippen MR) is 74.8 cm³/mol. The van der Waals surface area contributed by atoms with Crippen molar-refractivity contribution in [2.45, 2.75) is 32.9 Å². The molecular formula is C13H25N5. The fraction of sp³-hybridized carbons (Fsp3) is 0.769. The molecule has 1 saturated heterocycles. The Morgan fingerprint density at radius 3 is 2.67 bits per heavy atom. The molecule has 18 heavy (non-hydrogen) atoms. The highest BCUT2D eigenvalue weighted by atomic mass is 15.4. The monoisotopic (exact) mass is 251 g/mol. The van der Waals surface area contributed by atoms with Crippen LogP contribution < -0.4 is 10.6 Å². The van der Waals surface area contributed by atoms with Gasteiger partial charge in [-0.05, 0) is 20.4 Å². The molecule has 5 nitrogen and oxygen atoms in total. The third-order valence-electron chi connectivity index (χ3n) is 4.07. The molecular weight excluding hydrogens is 226 g/mol. The molecule has 0 spiro atoms. The first-order valence-electron chi connectivity index (χ1n) is 6.76. The first kappa shape index (κ1) is 13.4. The van der Waals surface area contributed by atoms with Crippen molar-refractivity contribution in [3.8, 4) is 0 Å². The number of nitrogens with zero attached hydrogens (tertiary/aromatic N) is 4. The molecule has 1 aromatic rings. The predicted octanol–water partition coefficient (Wildman–Crippen LogP) is 0.718. The van der Waals surface area contributed by atoms with Crippen molar-refractivity contribution in [2.75, 3.05) is 31.6 Å². The number of aryl methyl sites for hydroxylation is 2. The Morgan fingerprint density at radius 2 is 2.06 bits per heavy atom. The second kappa shape index (κ2) is 5.28. The second-order valence-electron chi connectivity index (χ2n) is 5.20. The van der Waals surface area contributed by atoms with E-state index in [9.17, 15) is 0 Å². The summed E-state index contributed by atoms with van der Waals surface area (Å²) in [7, 11) is 4.23. The lowest BCUT2D eigenvalue weighted by Crippen LogP contribution is -2.52. The molecule has 2 heterocycles. The van der Waals surface area contributed by atoms with Crippen LogP contribution in [0.2, 0.25) is 0 Å². The van der Waals surface area contributed by atoms with Crippen molar-refractivity contribution < 1.29 is 0 Å². The van der Waals surface area contributed by atoms with E-state index in [1.165, 1.54) is 17.8 Å². The van der Waals surface area contributed by atoms with Crippen LogP contribution in [0.3, 0.4) is 0 Å². The van der Waals surface area contributed by atoms with Gasteiger partial charge in [0.2, 0.25) is 0 Å². The summed E-state index contributed by atoms with van der Waals surface area (Å²) in [6, 6.07) is 0.625. The first-order chi connectivity index (χ1) is 8.58. The Labute approximate surface area is 110 Å². The SMILES string of the molecule is CCC1CN(c2c(CN)c(C)nn2C)CCN1C. The molecule has 2 rings (SSSR count). The van der Waals surface area contributed by atoms with Crippen LogP contribution in [0.25, 0.3) is 0 Å². The van der Waals surface area contributed by atoms with Crippen molar-refractivity contribution >= 4 is 5.82 Å². The maximum atomic E-state index is 5.88. The van der Waals surface area contributed by atoms with Crippen LogP contribution in [0.1, 0.15) is 24.6 Å². The molecule has 0 radical (unpaired) electrons. The van der Waals surface area contributed by atoms with E-state index in [-0.39, 0.29) is 0 Å². The third kappa shape index (κ3) is 2.24. The summed E-state index contributed by atoms with van der Waals surface area (Å²) >= 11 is 0. The minimum absolute atomic E-state index is 0.568. The Kier molecular flexibility index (Phi) is 3.92. The molecule has 0 aliphatic carbocycles. The number of hydrogen-bond acceptors (Lipinski definition) is 4. The minimum Gasteiger partial charge on any atom is -0.354 e. The molecule has 102 valence electrons. The number of likely N-dealkylation sites (N-methyl/N-ethyl adjacent to an activating group) is 1. The summed E-state index contributed by atoms with van der Waals surface area (Å²) in [6.07, 6.45) is 1.18. The summed E-state index contributed by atoms with van der Waals surface area (Å²) in [6.45, 7) is 8.09. The highest BCUT2D eigenvalue weighted by Crippen LogP contribution is 2.25. The van der Waals surface area contributed by atoms with Crippen molar-refractivity contribution in [2.24, 2.45) is 12.8 Å². The summed E-state index contributed by atoms with van der Waals surface area (Å²) < 4.78 is 1.98. The zero-order chi connectivity index (χ0) is 13.3. The molecule has 0 saturated carbocycles. The quantitative estimate of drug-likeness (QED) is 0.860. The van der Waals surface area contributed by atoms with Gasteiger partial charge in [0, 0.05) is 44.8 Å². The van der Waals surface area contributed by atoms with Gasteiger partial charge in [-0.1, -0.05) is 6.92 Å². The van der Waals surface area contributed by atoms with E-state index in [0.717, 1.165) is 25.3 Å². The van der Waals surface area contributed by atoms with Gasteiger partial charge in [0.05, 0.1) is 5.69 Å². The molecule has 1 fully saturated rings. The summed E-state index contributed by atoms with van der Waals surface area (Å²) in [5, 5.41) is 4.51. The van der Waals surface area contributed by atoms with Crippen LogP contribution in [0.5, 0.6) is 0 Å². The van der Waals surface area contributed by atoms with E-state index in [0.29, 0.717) is 12.6 Å². The molecule has 0 aromatic carbocycles. The number of piperazine rings is 1. The van der Waals surface area contributed by atoms with Crippen LogP contribution in [-0.4, -0.2) is 47.4 Å². The molecule has 1 aliphatic rings. The van der Waals surface area contributed by atoms with Gasteiger partial charge in [0.15, 0.2) is 0 Å². The fourth-order valence-corrected chi connectivity index (χ4v) is 2.90. The Bertz CT molecular complexity index is 412. The lowest BCUT2D eigenvalue weighted by molar-refractivity contribution is 0.212. The lowest BCUT2D eigenvalue weighted by atomic mass is 10.1. The normalized spacial score (nSPS) is 21.6. The van der Waals surface area contributed by atoms with Gasteiger partial charge in [-0.25, -0.2) is 0 Å². The van der Waals surface area contributed by atoms with Gasteiger partial charge in [0.25, 0.3) is 0 Å². The first-order valence-corrected chi connectivity index (χ1v) is 6.76. The average Bonchev–Trinajstić information content (AvgIpc) is 2.64. The minimum atomic E-state index is 0.568. The van der Waals surface area contributed by atoms with Crippen molar-refractivity contribution in [1.29, 1.82) is 0 Å². The summed E-state index contributed by atoms with van der Waals surface area (Å²) in [4.78, 5) is 4.89. The molecule has 0 bridgehead atoms. The van der Waals surface area contributed by atoms with Crippen LogP contribution in [0, 0.1) is 6.92 Å². The smallest absolute Gasteiger partial charge is 0.131 e. The van der Waals surface area contributed by atoms with Crippen LogP contribution >= 0.6 is 0 Å². The van der Waals surface area contributed by atoms with Crippen molar-refractivity contribution in [3.63, 3.8) is 0 Å². The van der Waals surface area contributed by atoms with Crippen LogP contribution in [0.4, 0.5) is 5.82 Å². The van der Waals surface area contributed by atoms with E-state index in [1.54, 1.807) is 0 Å². The van der Waals surface area contributed by atoms with Gasteiger partial charge in [-0.3, -0.25) is 9.58 Å². The van der Waals surface area contributed by atoms with E-state index in [4.69, 9.17) is 5.73 Å². The standard InChI is InChI=1S/C13H25N5/c1-5-11-9-18(7-6-16(11)3)13-12(8-14)10(2)15-17(13)4/h11H,5-9,14H2,1-4H3. The highest BCUT2D eigenvalue weighted by Gasteiger charge is 2.26. The molecule has 1 unspecified atom stereocenters. The molecule has 5 heteroatoms. The number of anilines is 1. The zero-order valence-electron chi connectivity index (χ0n) is 12.0. The van der Waals surface area contributed by atoms with Gasteiger partial charge < -0.3 is 10.6 Å². The number of hydrogen-bond donors (Lipinski definition) is 1. The molecule has 0 amide bonds. The van der Waals surface area contributed by atoms with E-state index in [1.807, 2.05) is 18.7 Å². The molecule has 1 aliphatic heterocycles. The molecule has 1 atom stereocenters. The van der Waals surface area contributed by atoms with Crippen molar-refractivity contribution in [1.82, 2.24) is 14.7 Å². The zero-order valence-corrected chi connectivity index (χ0v) is 12.0.